The van der Waals surface area contributed by atoms with Crippen molar-refractivity contribution < 1.29 is 15.0 Å². The van der Waals surface area contributed by atoms with Crippen LogP contribution in [0.1, 0.15) is 18.1 Å². The third-order valence-corrected chi connectivity index (χ3v) is 4.79. The Kier molecular flexibility index (Phi) is 6.10. The van der Waals surface area contributed by atoms with E-state index in [0.717, 1.165) is 17.7 Å². The third kappa shape index (κ3) is 4.26. The fraction of sp³-hybridized carbons (Fsp3) is 0.350. The quantitative estimate of drug-likeness (QED) is 0.611. The molecule has 0 fully saturated rings. The van der Waals surface area contributed by atoms with E-state index in [1.54, 1.807) is 24.3 Å². The third-order valence-electron chi connectivity index (χ3n) is 4.79. The molecule has 26 heavy (non-hydrogen) atoms. The molecule has 0 aliphatic heterocycles. The first kappa shape index (κ1) is 19.6. The van der Waals surface area contributed by atoms with Gasteiger partial charge in [0.05, 0.1) is 0 Å². The van der Waals surface area contributed by atoms with Gasteiger partial charge in [0, 0.05) is 18.5 Å². The van der Waals surface area contributed by atoms with E-state index in [-0.39, 0.29) is 17.4 Å². The lowest BCUT2D eigenvalue weighted by Crippen LogP contribution is -2.49. The Morgan fingerprint density at radius 2 is 1.46 bits per heavy atom. The van der Waals surface area contributed by atoms with Gasteiger partial charge >= 0.3 is 6.03 Å². The number of primary amides is 1. The summed E-state index contributed by atoms with van der Waals surface area (Å²) in [7, 11) is 3.99. The van der Waals surface area contributed by atoms with Crippen LogP contribution in [0.2, 0.25) is 0 Å². The van der Waals surface area contributed by atoms with Crippen molar-refractivity contribution in [2.24, 2.45) is 11.7 Å². The highest BCUT2D eigenvalue weighted by molar-refractivity contribution is 5.72. The number of aromatic hydroxyl groups is 2. The molecule has 0 radical (unpaired) electrons. The van der Waals surface area contributed by atoms with E-state index in [1.807, 2.05) is 38.4 Å². The predicted molar refractivity (Wildman–Crippen MR) is 102 cm³/mol. The monoisotopic (exact) mass is 357 g/mol. The minimum atomic E-state index is -0.594. The Balaban J connectivity index is 2.65. The Hall–Kier alpha value is -2.73. The predicted octanol–water partition coefficient (Wildman–Crippen LogP) is 2.25. The Morgan fingerprint density at radius 1 is 1.04 bits per heavy atom. The molecule has 0 bridgehead atoms. The number of nitrogens with one attached hydrogen (secondary N) is 1. The van der Waals surface area contributed by atoms with E-state index in [1.165, 1.54) is 0 Å². The van der Waals surface area contributed by atoms with E-state index in [2.05, 4.69) is 17.1 Å². The van der Waals surface area contributed by atoms with Gasteiger partial charge in [-0.2, -0.15) is 0 Å². The average Bonchev–Trinajstić information content (AvgIpc) is 2.57. The number of amides is 2. The molecule has 0 heterocycles. The van der Waals surface area contributed by atoms with Gasteiger partial charge in [-0.1, -0.05) is 31.2 Å². The van der Waals surface area contributed by atoms with E-state index >= 15 is 0 Å². The van der Waals surface area contributed by atoms with Crippen LogP contribution in [-0.4, -0.2) is 48.3 Å². The first-order chi connectivity index (χ1) is 12.3. The van der Waals surface area contributed by atoms with Gasteiger partial charge in [0.1, 0.15) is 11.5 Å². The molecule has 2 amide bonds. The number of benzene rings is 2. The number of nitrogens with two attached hydrogens (primary N) is 1. The number of rotatable bonds is 7. The minimum Gasteiger partial charge on any atom is -0.508 e. The smallest absolute Gasteiger partial charge is 0.312 e. The molecule has 0 aliphatic carbocycles. The molecule has 6 heteroatoms. The topological polar surface area (TPSA) is 98.8 Å². The summed E-state index contributed by atoms with van der Waals surface area (Å²) in [5.41, 5.74) is 6.68. The molecule has 2 rings (SSSR count). The summed E-state index contributed by atoms with van der Waals surface area (Å²) in [5.74, 6) is 0.450. The molecule has 2 aromatic carbocycles. The van der Waals surface area contributed by atoms with Crippen LogP contribution in [0.4, 0.5) is 4.79 Å². The van der Waals surface area contributed by atoms with Crippen LogP contribution in [0, 0.1) is 5.92 Å². The fourth-order valence-electron chi connectivity index (χ4n) is 3.56. The van der Waals surface area contributed by atoms with Crippen molar-refractivity contribution in [1.82, 2.24) is 10.2 Å². The lowest BCUT2D eigenvalue weighted by molar-refractivity contribution is 0.231. The minimum absolute atomic E-state index is 0.0958. The number of phenolic OH excluding ortho intramolecular Hbond substituents is 2. The van der Waals surface area contributed by atoms with Gasteiger partial charge in [0.2, 0.25) is 0 Å². The zero-order chi connectivity index (χ0) is 19.3. The Bertz CT molecular complexity index is 681. The largest absolute Gasteiger partial charge is 0.508 e. The van der Waals surface area contributed by atoms with E-state index in [0.29, 0.717) is 6.54 Å². The van der Waals surface area contributed by atoms with Crippen molar-refractivity contribution in [3.05, 3.63) is 59.7 Å². The molecule has 0 saturated carbocycles. The second-order valence-corrected chi connectivity index (χ2v) is 6.95. The molecule has 1 atom stereocenters. The van der Waals surface area contributed by atoms with Crippen molar-refractivity contribution in [1.29, 1.82) is 0 Å². The summed E-state index contributed by atoms with van der Waals surface area (Å²) < 4.78 is 0. The van der Waals surface area contributed by atoms with Crippen molar-refractivity contribution >= 4 is 6.03 Å². The maximum Gasteiger partial charge on any atom is 0.312 e. The van der Waals surface area contributed by atoms with Gasteiger partial charge in [-0.15, -0.1) is 0 Å². The SMILES string of the molecule is CC(CN(C)C)C(CNC(N)=O)(c1ccc(O)cc1)c1ccc(O)cc1. The van der Waals surface area contributed by atoms with Crippen molar-refractivity contribution in [2.45, 2.75) is 12.3 Å². The molecular weight excluding hydrogens is 330 g/mol. The van der Waals surface area contributed by atoms with E-state index in [9.17, 15) is 15.0 Å². The van der Waals surface area contributed by atoms with Gasteiger partial charge in [0.25, 0.3) is 0 Å². The fourth-order valence-corrected chi connectivity index (χ4v) is 3.56. The van der Waals surface area contributed by atoms with Crippen molar-refractivity contribution in [3.8, 4) is 11.5 Å². The number of hydrogen-bond acceptors (Lipinski definition) is 4. The molecule has 0 aliphatic rings. The second kappa shape index (κ2) is 8.10. The lowest BCUT2D eigenvalue weighted by atomic mass is 9.66. The summed E-state index contributed by atoms with van der Waals surface area (Å²) in [6.07, 6.45) is 0. The van der Waals surface area contributed by atoms with Gasteiger partial charge in [0.15, 0.2) is 0 Å². The summed E-state index contributed by atoms with van der Waals surface area (Å²) in [6.45, 7) is 3.18. The lowest BCUT2D eigenvalue weighted by Gasteiger charge is -2.41. The van der Waals surface area contributed by atoms with E-state index < -0.39 is 11.4 Å². The first-order valence-electron chi connectivity index (χ1n) is 8.52. The van der Waals surface area contributed by atoms with Gasteiger partial charge in [-0.25, -0.2) is 4.79 Å². The Labute approximate surface area is 154 Å². The zero-order valence-corrected chi connectivity index (χ0v) is 15.4. The molecule has 0 saturated heterocycles. The van der Waals surface area contributed by atoms with Crippen LogP contribution in [0.25, 0.3) is 0 Å². The van der Waals surface area contributed by atoms with Gasteiger partial charge < -0.3 is 26.2 Å². The number of urea groups is 1. The highest BCUT2D eigenvalue weighted by atomic mass is 16.3. The van der Waals surface area contributed by atoms with Crippen molar-refractivity contribution in [2.75, 3.05) is 27.2 Å². The average molecular weight is 357 g/mol. The molecule has 2 aromatic rings. The highest BCUT2D eigenvalue weighted by Crippen LogP contribution is 2.40. The van der Waals surface area contributed by atoms with Crippen LogP contribution < -0.4 is 11.1 Å². The zero-order valence-electron chi connectivity index (χ0n) is 15.4. The number of carbonyl (C=O) groups is 1. The number of hydrogen-bond donors (Lipinski definition) is 4. The molecule has 1 unspecified atom stereocenters. The molecular formula is C20H27N3O3. The number of nitrogens with zero attached hydrogens (tertiary/aromatic N) is 1. The van der Waals surface area contributed by atoms with Crippen molar-refractivity contribution in [3.63, 3.8) is 0 Å². The van der Waals surface area contributed by atoms with Crippen LogP contribution in [0.15, 0.2) is 48.5 Å². The van der Waals surface area contributed by atoms with E-state index in [4.69, 9.17) is 5.73 Å². The van der Waals surface area contributed by atoms with Crippen LogP contribution in [-0.2, 0) is 5.41 Å². The summed E-state index contributed by atoms with van der Waals surface area (Å²) in [5, 5.41) is 22.2. The summed E-state index contributed by atoms with van der Waals surface area (Å²) >= 11 is 0. The standard InChI is InChI=1S/C20H27N3O3/c1-14(12-23(2)3)20(13-22-19(21)26,15-4-8-17(24)9-5-15)16-6-10-18(25)11-7-16/h4-11,14,24-25H,12-13H2,1-3H3,(H3,21,22,26). The van der Waals surface area contributed by atoms with Crippen LogP contribution in [0.3, 0.4) is 0 Å². The normalized spacial score (nSPS) is 12.8. The summed E-state index contributed by atoms with van der Waals surface area (Å²) in [6, 6.07) is 13.4. The van der Waals surface area contributed by atoms with Gasteiger partial charge in [-0.05, 0) is 55.4 Å². The molecule has 0 aromatic heterocycles. The molecule has 5 N–H and O–H groups in total. The molecule has 6 nitrogen and oxygen atoms in total. The first-order valence-corrected chi connectivity index (χ1v) is 8.52. The second-order valence-electron chi connectivity index (χ2n) is 6.95. The van der Waals surface area contributed by atoms with Crippen LogP contribution >= 0.6 is 0 Å². The maximum absolute atomic E-state index is 11.5. The van der Waals surface area contributed by atoms with Crippen LogP contribution in [0.5, 0.6) is 11.5 Å². The number of phenols is 2. The number of carbonyl (C=O) groups excluding carboxylic acids is 1. The maximum atomic E-state index is 11.5. The highest BCUT2D eigenvalue weighted by Gasteiger charge is 2.40. The molecule has 140 valence electrons. The summed E-state index contributed by atoms with van der Waals surface area (Å²) in [4.78, 5) is 13.6. The van der Waals surface area contributed by atoms with Gasteiger partial charge in [-0.3, -0.25) is 0 Å². The Morgan fingerprint density at radius 3 is 1.81 bits per heavy atom. The molecule has 0 spiro atoms.